The van der Waals surface area contributed by atoms with Gasteiger partial charge < -0.3 is 5.11 Å². The molecule has 0 spiro atoms. The molecular weight excluding hydrogens is 244 g/mol. The molecule has 0 aliphatic rings. The summed E-state index contributed by atoms with van der Waals surface area (Å²) in [7, 11) is 0. The van der Waals surface area contributed by atoms with Crippen molar-refractivity contribution in [1.29, 1.82) is 0 Å². The first kappa shape index (κ1) is 11.3. The normalized spacial score (nSPS) is 10.8. The van der Waals surface area contributed by atoms with Crippen molar-refractivity contribution in [3.8, 4) is 11.4 Å². The summed E-state index contributed by atoms with van der Waals surface area (Å²) >= 11 is 0. The lowest BCUT2D eigenvalue weighted by Crippen LogP contribution is -1.97. The van der Waals surface area contributed by atoms with Crippen molar-refractivity contribution in [3.63, 3.8) is 0 Å². The smallest absolute Gasteiger partial charge is 0.335 e. The third kappa shape index (κ3) is 1.93. The van der Waals surface area contributed by atoms with E-state index in [9.17, 15) is 4.79 Å². The van der Waals surface area contributed by atoms with E-state index in [4.69, 9.17) is 5.11 Å². The van der Waals surface area contributed by atoms with E-state index < -0.39 is 5.97 Å². The van der Waals surface area contributed by atoms with Crippen molar-refractivity contribution in [3.05, 3.63) is 47.9 Å². The number of aromatic carboxylic acids is 1. The average Bonchev–Trinajstić information content (AvgIpc) is 2.81. The van der Waals surface area contributed by atoms with Crippen molar-refractivity contribution in [2.24, 2.45) is 0 Å². The molecular formula is C13H10N4O2. The quantitative estimate of drug-likeness (QED) is 0.754. The van der Waals surface area contributed by atoms with Crippen molar-refractivity contribution in [1.82, 2.24) is 19.6 Å². The summed E-state index contributed by atoms with van der Waals surface area (Å²) < 4.78 is 1.73. The van der Waals surface area contributed by atoms with Crippen LogP contribution >= 0.6 is 0 Å². The summed E-state index contributed by atoms with van der Waals surface area (Å²) in [6.45, 7) is 1.87. The summed E-state index contributed by atoms with van der Waals surface area (Å²) in [6, 6.07) is 8.40. The van der Waals surface area contributed by atoms with Gasteiger partial charge in [0, 0.05) is 17.3 Å². The van der Waals surface area contributed by atoms with Crippen LogP contribution in [0, 0.1) is 6.92 Å². The number of hydrogen-bond donors (Lipinski definition) is 1. The van der Waals surface area contributed by atoms with E-state index in [1.807, 2.05) is 13.0 Å². The Morgan fingerprint density at radius 2 is 2.11 bits per heavy atom. The highest BCUT2D eigenvalue weighted by atomic mass is 16.4. The minimum atomic E-state index is -0.968. The van der Waals surface area contributed by atoms with E-state index in [1.54, 1.807) is 28.9 Å². The summed E-state index contributed by atoms with van der Waals surface area (Å²) in [6.07, 6.45) is 1.63. The maximum Gasteiger partial charge on any atom is 0.335 e. The standard InChI is InChI=1S/C13H10N4O2/c1-8-5-11-15-16-12(17(11)7-14-8)9-3-2-4-10(6-9)13(18)19/h2-7H,1H3,(H,18,19). The Balaban J connectivity index is 2.19. The Labute approximate surface area is 108 Å². The number of hydrogen-bond acceptors (Lipinski definition) is 4. The van der Waals surface area contributed by atoms with Crippen LogP contribution in [-0.2, 0) is 0 Å². The number of rotatable bonds is 2. The van der Waals surface area contributed by atoms with Gasteiger partial charge in [-0.1, -0.05) is 12.1 Å². The predicted molar refractivity (Wildman–Crippen MR) is 67.9 cm³/mol. The van der Waals surface area contributed by atoms with E-state index in [0.29, 0.717) is 17.0 Å². The van der Waals surface area contributed by atoms with Gasteiger partial charge in [0.15, 0.2) is 11.5 Å². The number of fused-ring (bicyclic) bond motifs is 1. The van der Waals surface area contributed by atoms with E-state index >= 15 is 0 Å². The number of carboxylic acid groups (broad SMARTS) is 1. The van der Waals surface area contributed by atoms with E-state index in [2.05, 4.69) is 15.2 Å². The van der Waals surface area contributed by atoms with Crippen LogP contribution in [0.25, 0.3) is 17.0 Å². The van der Waals surface area contributed by atoms with Crippen LogP contribution in [-0.4, -0.2) is 30.7 Å². The first-order valence-electron chi connectivity index (χ1n) is 5.66. The molecule has 3 aromatic rings. The topological polar surface area (TPSA) is 80.4 Å². The number of aryl methyl sites for hydroxylation is 1. The Hall–Kier alpha value is -2.76. The number of benzene rings is 1. The Bertz CT molecular complexity index is 779. The molecule has 6 nitrogen and oxygen atoms in total. The molecule has 19 heavy (non-hydrogen) atoms. The number of carboxylic acids is 1. The molecule has 0 aliphatic carbocycles. The van der Waals surface area contributed by atoms with Gasteiger partial charge in [-0.05, 0) is 19.1 Å². The van der Waals surface area contributed by atoms with Gasteiger partial charge in [-0.2, -0.15) is 0 Å². The molecule has 0 atom stereocenters. The largest absolute Gasteiger partial charge is 0.478 e. The molecule has 1 aromatic carbocycles. The summed E-state index contributed by atoms with van der Waals surface area (Å²) in [5.74, 6) is -0.393. The van der Waals surface area contributed by atoms with Crippen LogP contribution in [0.15, 0.2) is 36.7 Å². The first-order chi connectivity index (χ1) is 9.15. The number of carbonyl (C=O) groups is 1. The van der Waals surface area contributed by atoms with E-state index in [-0.39, 0.29) is 5.56 Å². The number of aromatic nitrogens is 4. The second kappa shape index (κ2) is 4.16. The molecule has 0 saturated carbocycles. The average molecular weight is 254 g/mol. The van der Waals surface area contributed by atoms with Crippen LogP contribution in [0.3, 0.4) is 0 Å². The van der Waals surface area contributed by atoms with Crippen molar-refractivity contribution in [2.75, 3.05) is 0 Å². The molecule has 2 aromatic heterocycles. The molecule has 94 valence electrons. The third-order valence-electron chi connectivity index (χ3n) is 2.80. The van der Waals surface area contributed by atoms with Gasteiger partial charge in [0.25, 0.3) is 0 Å². The molecule has 0 radical (unpaired) electrons. The molecule has 6 heteroatoms. The van der Waals surface area contributed by atoms with Crippen LogP contribution in [0.5, 0.6) is 0 Å². The van der Waals surface area contributed by atoms with Crippen molar-refractivity contribution >= 4 is 11.6 Å². The molecule has 3 rings (SSSR count). The third-order valence-corrected chi connectivity index (χ3v) is 2.80. The maximum atomic E-state index is 11.0. The zero-order chi connectivity index (χ0) is 13.4. The minimum absolute atomic E-state index is 0.217. The molecule has 0 bridgehead atoms. The van der Waals surface area contributed by atoms with Crippen LogP contribution in [0.4, 0.5) is 0 Å². The summed E-state index contributed by atoms with van der Waals surface area (Å²) in [5.41, 5.74) is 2.45. The lowest BCUT2D eigenvalue weighted by atomic mass is 10.1. The van der Waals surface area contributed by atoms with E-state index in [1.165, 1.54) is 6.07 Å². The monoisotopic (exact) mass is 254 g/mol. The maximum absolute atomic E-state index is 11.0. The van der Waals surface area contributed by atoms with E-state index in [0.717, 1.165) is 5.69 Å². The molecule has 0 unspecified atom stereocenters. The lowest BCUT2D eigenvalue weighted by molar-refractivity contribution is 0.0697. The molecule has 2 heterocycles. The molecule has 1 N–H and O–H groups in total. The molecule has 0 fully saturated rings. The SMILES string of the molecule is Cc1cc2nnc(-c3cccc(C(=O)O)c3)n2cn1. The summed E-state index contributed by atoms with van der Waals surface area (Å²) in [4.78, 5) is 15.2. The van der Waals surface area contributed by atoms with Crippen molar-refractivity contribution < 1.29 is 9.90 Å². The molecule has 0 aliphatic heterocycles. The fourth-order valence-electron chi connectivity index (χ4n) is 1.88. The van der Waals surface area contributed by atoms with Gasteiger partial charge in [-0.15, -0.1) is 10.2 Å². The predicted octanol–water partition coefficient (Wildman–Crippen LogP) is 1.80. The highest BCUT2D eigenvalue weighted by molar-refractivity contribution is 5.89. The highest BCUT2D eigenvalue weighted by Gasteiger charge is 2.10. The van der Waals surface area contributed by atoms with Crippen LogP contribution in [0.1, 0.15) is 16.1 Å². The first-order valence-corrected chi connectivity index (χ1v) is 5.66. The van der Waals surface area contributed by atoms with Crippen molar-refractivity contribution in [2.45, 2.75) is 6.92 Å². The minimum Gasteiger partial charge on any atom is -0.478 e. The van der Waals surface area contributed by atoms with Gasteiger partial charge in [0.05, 0.1) is 5.56 Å². The van der Waals surface area contributed by atoms with Gasteiger partial charge in [0.2, 0.25) is 0 Å². The zero-order valence-corrected chi connectivity index (χ0v) is 10.1. The summed E-state index contributed by atoms with van der Waals surface area (Å²) in [5, 5.41) is 17.1. The second-order valence-electron chi connectivity index (χ2n) is 4.17. The lowest BCUT2D eigenvalue weighted by Gasteiger charge is -2.01. The second-order valence-corrected chi connectivity index (χ2v) is 4.17. The fourth-order valence-corrected chi connectivity index (χ4v) is 1.88. The van der Waals surface area contributed by atoms with Gasteiger partial charge >= 0.3 is 5.97 Å². The van der Waals surface area contributed by atoms with Gasteiger partial charge in [0.1, 0.15) is 6.33 Å². The van der Waals surface area contributed by atoms with Gasteiger partial charge in [-0.3, -0.25) is 4.40 Å². The Morgan fingerprint density at radius 3 is 2.89 bits per heavy atom. The Morgan fingerprint density at radius 1 is 1.26 bits per heavy atom. The van der Waals surface area contributed by atoms with Crippen LogP contribution < -0.4 is 0 Å². The van der Waals surface area contributed by atoms with Crippen LogP contribution in [0.2, 0.25) is 0 Å². The van der Waals surface area contributed by atoms with Gasteiger partial charge in [-0.25, -0.2) is 9.78 Å². The zero-order valence-electron chi connectivity index (χ0n) is 10.1. The highest BCUT2D eigenvalue weighted by Crippen LogP contribution is 2.19. The Kier molecular flexibility index (Phi) is 2.49. The number of nitrogens with zero attached hydrogens (tertiary/aromatic N) is 4. The fraction of sp³-hybridized carbons (Fsp3) is 0.0769. The molecule has 0 saturated heterocycles. The molecule has 0 amide bonds.